The first kappa shape index (κ1) is 23.4. The van der Waals surface area contributed by atoms with Gasteiger partial charge in [0.1, 0.15) is 0 Å². The van der Waals surface area contributed by atoms with Gasteiger partial charge in [-0.2, -0.15) is 0 Å². The fourth-order valence-electron chi connectivity index (χ4n) is 2.47. The first-order chi connectivity index (χ1) is 14.1. The highest BCUT2D eigenvalue weighted by Crippen LogP contribution is 2.38. The molecule has 2 aromatic carbocycles. The van der Waals surface area contributed by atoms with Crippen LogP contribution in [0.4, 0.5) is 5.69 Å². The summed E-state index contributed by atoms with van der Waals surface area (Å²) in [6.07, 6.45) is 0. The molecule has 2 N–H and O–H groups in total. The molecular formula is C19H23N3O6S2. The lowest BCUT2D eigenvalue weighted by atomic mass is 10.1. The molecule has 0 spiro atoms. The predicted octanol–water partition coefficient (Wildman–Crippen LogP) is 2.09. The predicted molar refractivity (Wildman–Crippen MR) is 117 cm³/mol. The Morgan fingerprint density at radius 3 is 1.93 bits per heavy atom. The second-order valence-corrected chi connectivity index (χ2v) is 8.69. The molecule has 9 nitrogen and oxygen atoms in total. The van der Waals surface area contributed by atoms with Gasteiger partial charge in [-0.3, -0.25) is 10.1 Å². The maximum atomic E-state index is 12.6. The number of hydrogen-bond acceptors (Lipinski definition) is 7. The number of thiocarbonyl (C=S) groups is 1. The van der Waals surface area contributed by atoms with Gasteiger partial charge in [0.05, 0.1) is 26.2 Å². The molecular weight excluding hydrogens is 430 g/mol. The Kier molecular flexibility index (Phi) is 7.59. The van der Waals surface area contributed by atoms with Crippen molar-refractivity contribution >= 4 is 38.9 Å². The second kappa shape index (κ2) is 9.74. The van der Waals surface area contributed by atoms with Crippen LogP contribution in [0.3, 0.4) is 0 Å². The Morgan fingerprint density at radius 2 is 1.50 bits per heavy atom. The van der Waals surface area contributed by atoms with E-state index in [1.165, 1.54) is 59.7 Å². The van der Waals surface area contributed by atoms with Gasteiger partial charge in [-0.15, -0.1) is 0 Å². The van der Waals surface area contributed by atoms with E-state index < -0.39 is 15.9 Å². The molecule has 0 bridgehead atoms. The lowest BCUT2D eigenvalue weighted by molar-refractivity contribution is 0.0977. The van der Waals surface area contributed by atoms with E-state index in [0.717, 1.165) is 4.31 Å². The summed E-state index contributed by atoms with van der Waals surface area (Å²) >= 11 is 5.17. The number of carbonyl (C=O) groups is 1. The van der Waals surface area contributed by atoms with Crippen LogP contribution in [0.2, 0.25) is 0 Å². The number of nitrogens with one attached hydrogen (secondary N) is 2. The van der Waals surface area contributed by atoms with Crippen LogP contribution >= 0.6 is 12.2 Å². The summed E-state index contributed by atoms with van der Waals surface area (Å²) < 4.78 is 41.1. The average Bonchev–Trinajstić information content (AvgIpc) is 2.72. The molecule has 0 heterocycles. The number of benzene rings is 2. The van der Waals surface area contributed by atoms with E-state index in [0.29, 0.717) is 22.9 Å². The molecule has 162 valence electrons. The van der Waals surface area contributed by atoms with Crippen LogP contribution < -0.4 is 24.8 Å². The Hall–Kier alpha value is -2.89. The molecule has 0 aliphatic rings. The lowest BCUT2D eigenvalue weighted by Crippen LogP contribution is -2.34. The van der Waals surface area contributed by atoms with Gasteiger partial charge >= 0.3 is 0 Å². The van der Waals surface area contributed by atoms with Crippen LogP contribution in [0, 0.1) is 0 Å². The van der Waals surface area contributed by atoms with Crippen molar-refractivity contribution < 1.29 is 27.4 Å². The number of ether oxygens (including phenoxy) is 3. The third-order valence-electron chi connectivity index (χ3n) is 4.04. The van der Waals surface area contributed by atoms with Crippen molar-refractivity contribution in [3.63, 3.8) is 0 Å². The van der Waals surface area contributed by atoms with E-state index in [1.807, 2.05) is 0 Å². The fraction of sp³-hybridized carbons (Fsp3) is 0.263. The molecule has 0 aliphatic carbocycles. The van der Waals surface area contributed by atoms with Crippen molar-refractivity contribution in [3.05, 3.63) is 42.0 Å². The Bertz CT molecular complexity index is 1010. The number of rotatable bonds is 7. The van der Waals surface area contributed by atoms with E-state index in [4.69, 9.17) is 26.4 Å². The number of anilines is 1. The highest BCUT2D eigenvalue weighted by Gasteiger charge is 2.19. The van der Waals surface area contributed by atoms with E-state index in [-0.39, 0.29) is 15.6 Å². The van der Waals surface area contributed by atoms with Crippen molar-refractivity contribution in [2.24, 2.45) is 0 Å². The lowest BCUT2D eigenvalue weighted by Gasteiger charge is -2.15. The number of carbonyl (C=O) groups excluding carboxylic acids is 1. The van der Waals surface area contributed by atoms with Gasteiger partial charge in [0.25, 0.3) is 5.91 Å². The van der Waals surface area contributed by atoms with Gasteiger partial charge in [-0.05, 0) is 48.6 Å². The molecule has 0 saturated heterocycles. The Morgan fingerprint density at radius 1 is 0.967 bits per heavy atom. The van der Waals surface area contributed by atoms with Gasteiger partial charge in [0.15, 0.2) is 16.6 Å². The molecule has 2 rings (SSSR count). The molecule has 11 heteroatoms. The van der Waals surface area contributed by atoms with Gasteiger partial charge in [-0.25, -0.2) is 12.7 Å². The zero-order valence-corrected chi connectivity index (χ0v) is 18.8. The maximum Gasteiger partial charge on any atom is 0.257 e. The molecule has 2 aromatic rings. The average molecular weight is 454 g/mol. The Labute approximate surface area is 181 Å². The number of sulfonamides is 1. The largest absolute Gasteiger partial charge is 0.493 e. The van der Waals surface area contributed by atoms with Crippen LogP contribution in [0.5, 0.6) is 17.2 Å². The van der Waals surface area contributed by atoms with Crippen LogP contribution in [0.1, 0.15) is 10.4 Å². The molecule has 0 saturated carbocycles. The third kappa shape index (κ3) is 5.17. The number of amides is 1. The number of methoxy groups -OCH3 is 3. The summed E-state index contributed by atoms with van der Waals surface area (Å²) in [7, 11) is 3.75. The highest BCUT2D eigenvalue weighted by molar-refractivity contribution is 7.89. The summed E-state index contributed by atoms with van der Waals surface area (Å²) in [5, 5.41) is 5.42. The monoisotopic (exact) mass is 453 g/mol. The maximum absolute atomic E-state index is 12.6. The topological polar surface area (TPSA) is 106 Å². The standard InChI is InChI=1S/C19H23N3O6S2/c1-22(2)30(24,25)14-8-6-13(7-9-14)20-19(29)21-18(23)12-10-15(26-3)17(28-5)16(11-12)27-4/h6-11H,1-5H3,(H2,20,21,23,29). The zero-order valence-electron chi connectivity index (χ0n) is 17.2. The second-order valence-electron chi connectivity index (χ2n) is 6.13. The molecule has 0 radical (unpaired) electrons. The molecule has 30 heavy (non-hydrogen) atoms. The van der Waals surface area contributed by atoms with Gasteiger partial charge in [0, 0.05) is 25.3 Å². The molecule has 1 amide bonds. The molecule has 0 atom stereocenters. The van der Waals surface area contributed by atoms with Crippen LogP contribution in [0.15, 0.2) is 41.3 Å². The molecule has 0 unspecified atom stereocenters. The van der Waals surface area contributed by atoms with E-state index in [2.05, 4.69) is 10.6 Å². The van der Waals surface area contributed by atoms with Crippen LogP contribution in [-0.4, -0.2) is 59.2 Å². The minimum absolute atomic E-state index is 0.0389. The molecule has 0 aromatic heterocycles. The van der Waals surface area contributed by atoms with E-state index in [9.17, 15) is 13.2 Å². The minimum Gasteiger partial charge on any atom is -0.493 e. The van der Waals surface area contributed by atoms with Gasteiger partial charge < -0.3 is 19.5 Å². The summed E-state index contributed by atoms with van der Waals surface area (Å²) in [5.41, 5.74) is 0.768. The van der Waals surface area contributed by atoms with Crippen molar-refractivity contribution in [1.82, 2.24) is 9.62 Å². The summed E-state index contributed by atoms with van der Waals surface area (Å²) in [5.74, 6) is 0.542. The molecule has 0 fully saturated rings. The van der Waals surface area contributed by atoms with Crippen molar-refractivity contribution in [3.8, 4) is 17.2 Å². The summed E-state index contributed by atoms with van der Waals surface area (Å²) in [6.45, 7) is 0. The normalized spacial score (nSPS) is 11.0. The first-order valence-corrected chi connectivity index (χ1v) is 10.4. The van der Waals surface area contributed by atoms with Gasteiger partial charge in [0.2, 0.25) is 15.8 Å². The van der Waals surface area contributed by atoms with Crippen LogP contribution in [0.25, 0.3) is 0 Å². The van der Waals surface area contributed by atoms with Gasteiger partial charge in [-0.1, -0.05) is 0 Å². The first-order valence-electron chi connectivity index (χ1n) is 8.59. The van der Waals surface area contributed by atoms with E-state index in [1.54, 1.807) is 12.1 Å². The Balaban J connectivity index is 2.12. The summed E-state index contributed by atoms with van der Waals surface area (Å²) in [4.78, 5) is 12.7. The highest BCUT2D eigenvalue weighted by atomic mass is 32.2. The van der Waals surface area contributed by atoms with Crippen molar-refractivity contribution in [1.29, 1.82) is 0 Å². The third-order valence-corrected chi connectivity index (χ3v) is 6.08. The van der Waals surface area contributed by atoms with E-state index >= 15 is 0 Å². The smallest absolute Gasteiger partial charge is 0.257 e. The van der Waals surface area contributed by atoms with Crippen molar-refractivity contribution in [2.75, 3.05) is 40.7 Å². The van der Waals surface area contributed by atoms with Crippen molar-refractivity contribution in [2.45, 2.75) is 4.90 Å². The summed E-state index contributed by atoms with van der Waals surface area (Å²) in [6, 6.07) is 8.99. The molecule has 0 aliphatic heterocycles. The fourth-order valence-corrected chi connectivity index (χ4v) is 3.58. The minimum atomic E-state index is -3.53. The zero-order chi connectivity index (χ0) is 22.5. The number of nitrogens with zero attached hydrogens (tertiary/aromatic N) is 1. The quantitative estimate of drug-likeness (QED) is 0.614. The number of hydrogen-bond donors (Lipinski definition) is 2. The van der Waals surface area contributed by atoms with Crippen LogP contribution in [-0.2, 0) is 10.0 Å². The SMILES string of the molecule is COc1cc(C(=O)NC(=S)Nc2ccc(S(=O)(=O)N(C)C)cc2)cc(OC)c1OC.